The summed E-state index contributed by atoms with van der Waals surface area (Å²) >= 11 is 9.04. The van der Waals surface area contributed by atoms with Crippen molar-refractivity contribution in [1.29, 1.82) is 5.26 Å². The van der Waals surface area contributed by atoms with Gasteiger partial charge in [0, 0.05) is 45.4 Å². The number of rotatable bonds is 11. The number of hydrogen-bond donors (Lipinski definition) is 4. The number of carbonyl (C=O) groups excluding carboxylic acids is 6. The first-order valence-electron chi connectivity index (χ1n) is 22.1. The van der Waals surface area contributed by atoms with Crippen LogP contribution in [0.3, 0.4) is 0 Å². The number of amides is 6. The second kappa shape index (κ2) is 18.7. The van der Waals surface area contributed by atoms with E-state index in [0.717, 1.165) is 39.4 Å². The topological polar surface area (TPSA) is 251 Å². The summed E-state index contributed by atoms with van der Waals surface area (Å²) in [5.41, 5.74) is 10.3. The summed E-state index contributed by atoms with van der Waals surface area (Å²) in [5.74, 6) is -0.567. The molecular weight excluding hydrogens is 916 g/mol. The molecule has 0 aromatic carbocycles. The fourth-order valence-electron chi connectivity index (χ4n) is 8.46. The Morgan fingerprint density at radius 2 is 1.30 bits per heavy atom. The van der Waals surface area contributed by atoms with E-state index >= 15 is 0 Å². The Morgan fingerprint density at radius 1 is 0.806 bits per heavy atom. The minimum atomic E-state index is -0.370. The first kappa shape index (κ1) is 47.2. The van der Waals surface area contributed by atoms with Gasteiger partial charge >= 0.3 is 0 Å². The molecule has 0 spiro atoms. The summed E-state index contributed by atoms with van der Waals surface area (Å²) in [6.45, 7) is 18.2. The molecule has 0 radical (unpaired) electrons. The zero-order valence-electron chi connectivity index (χ0n) is 37.7. The molecule has 6 amide bonds. The van der Waals surface area contributed by atoms with Crippen molar-refractivity contribution >= 4 is 85.8 Å². The first-order valence-corrected chi connectivity index (χ1v) is 24.1. The Hall–Kier alpha value is -6.35. The van der Waals surface area contributed by atoms with E-state index < -0.39 is 0 Å². The van der Waals surface area contributed by atoms with Crippen molar-refractivity contribution in [2.45, 2.75) is 111 Å². The predicted octanol–water partition coefficient (Wildman–Crippen LogP) is 6.98. The zero-order valence-corrected chi connectivity index (χ0v) is 40.1. The van der Waals surface area contributed by atoms with Gasteiger partial charge in [0.2, 0.25) is 29.7 Å². The highest BCUT2D eigenvalue weighted by atomic mass is 35.5. The zero-order chi connectivity index (χ0) is 48.2. The van der Waals surface area contributed by atoms with Gasteiger partial charge in [0.1, 0.15) is 16.9 Å². The number of aryl methyl sites for hydroxylation is 2. The molecule has 0 saturated heterocycles. The van der Waals surface area contributed by atoms with Crippen LogP contribution < -0.4 is 21.7 Å². The number of nitrogens with zero attached hydrogens (tertiary/aromatic N) is 8. The molecule has 2 aliphatic heterocycles. The average molecular weight is 966 g/mol. The van der Waals surface area contributed by atoms with Crippen molar-refractivity contribution < 1.29 is 28.8 Å². The largest absolute Gasteiger partial charge is 0.369 e. The van der Waals surface area contributed by atoms with E-state index in [1.807, 2.05) is 35.8 Å². The smallest absolute Gasteiger partial charge is 0.258 e. The lowest BCUT2D eigenvalue weighted by Gasteiger charge is -2.24. The monoisotopic (exact) mass is 964 g/mol. The third kappa shape index (κ3) is 10.2. The van der Waals surface area contributed by atoms with Crippen molar-refractivity contribution in [2.24, 2.45) is 35.3 Å². The molecule has 0 bridgehead atoms. The molecule has 4 aliphatic carbocycles. The van der Waals surface area contributed by atoms with Crippen molar-refractivity contribution in [1.82, 2.24) is 29.7 Å². The maximum Gasteiger partial charge on any atom is 0.258 e. The van der Waals surface area contributed by atoms with Gasteiger partial charge in [0.25, 0.3) is 11.8 Å². The van der Waals surface area contributed by atoms with E-state index in [-0.39, 0.29) is 82.3 Å². The van der Waals surface area contributed by atoms with Crippen molar-refractivity contribution in [3.63, 3.8) is 0 Å². The molecule has 67 heavy (non-hydrogen) atoms. The Morgan fingerprint density at radius 3 is 1.72 bits per heavy atom. The molecule has 4 aromatic heterocycles. The van der Waals surface area contributed by atoms with E-state index in [1.165, 1.54) is 49.4 Å². The second-order valence-electron chi connectivity index (χ2n) is 18.0. The van der Waals surface area contributed by atoms with E-state index in [9.17, 15) is 28.8 Å². The minimum Gasteiger partial charge on any atom is -0.369 e. The molecule has 348 valence electrons. The van der Waals surface area contributed by atoms with Crippen LogP contribution in [-0.2, 0) is 32.3 Å². The highest BCUT2D eigenvalue weighted by Crippen LogP contribution is 2.44. The third-order valence-corrected chi connectivity index (χ3v) is 15.3. The highest BCUT2D eigenvalue weighted by Gasteiger charge is 2.49. The van der Waals surface area contributed by atoms with Crippen LogP contribution in [0.4, 0.5) is 16.1 Å². The van der Waals surface area contributed by atoms with E-state index in [4.69, 9.17) is 29.2 Å². The van der Waals surface area contributed by atoms with Crippen LogP contribution in [0.15, 0.2) is 12.1 Å². The molecule has 4 aromatic rings. The molecule has 6 aliphatic rings. The van der Waals surface area contributed by atoms with Crippen molar-refractivity contribution in [3.8, 4) is 27.2 Å². The molecule has 18 nitrogen and oxygen atoms in total. The summed E-state index contributed by atoms with van der Waals surface area (Å²) in [5, 5.41) is 18.6. The van der Waals surface area contributed by atoms with Crippen LogP contribution in [-0.4, -0.2) is 83.3 Å². The quantitative estimate of drug-likeness (QED) is 0.0881. The molecular formula is C46H49ClN12O6S2. The number of carbonyl (C=O) groups is 6. The van der Waals surface area contributed by atoms with Gasteiger partial charge in [-0.05, 0) is 94.9 Å². The van der Waals surface area contributed by atoms with Gasteiger partial charge in [0.05, 0.1) is 61.6 Å². The SMILES string of the molecule is CC(=O)Nc1nc(C)c(-c2cc3c(c(Cl)n2)C(=O)N([C@@H](C)C2CC2)C3)s1.CC(=O)Nc1nc(C)c(-c2cc3c(c(NC(=O)C4CC4C#N)n2)C(=O)N([C@@H](C)C2CC2)C3)s1.[C-]#[N+]C1CC1C(N)=O. The Kier molecular flexibility index (Phi) is 13.2. The summed E-state index contributed by atoms with van der Waals surface area (Å²) in [4.78, 5) is 98.2. The molecule has 6 atom stereocenters. The minimum absolute atomic E-state index is 0.0246. The lowest BCUT2D eigenvalue weighted by Crippen LogP contribution is -2.35. The van der Waals surface area contributed by atoms with Crippen molar-refractivity contribution in [2.75, 3.05) is 16.0 Å². The summed E-state index contributed by atoms with van der Waals surface area (Å²) < 4.78 is 0. The average Bonchev–Trinajstić information content (AvgIpc) is 4.10. The first-order chi connectivity index (χ1) is 31.9. The Balaban J connectivity index is 0.000000159. The molecule has 21 heteroatoms. The maximum absolute atomic E-state index is 13.3. The van der Waals surface area contributed by atoms with Gasteiger partial charge < -0.3 is 36.3 Å². The normalized spacial score (nSPS) is 21.5. The number of hydrogen-bond acceptors (Lipinski definition) is 13. The van der Waals surface area contributed by atoms with Crippen LogP contribution in [0.25, 0.3) is 26.0 Å². The van der Waals surface area contributed by atoms with Crippen LogP contribution in [0.1, 0.15) is 109 Å². The van der Waals surface area contributed by atoms with E-state index in [1.54, 1.807) is 0 Å². The number of aromatic nitrogens is 4. The Bertz CT molecular complexity index is 2820. The lowest BCUT2D eigenvalue weighted by molar-refractivity contribution is -0.119. The second-order valence-corrected chi connectivity index (χ2v) is 20.3. The van der Waals surface area contributed by atoms with Gasteiger partial charge in [0.15, 0.2) is 10.3 Å². The number of nitrogens with one attached hydrogen (secondary N) is 3. The summed E-state index contributed by atoms with van der Waals surface area (Å²) in [6, 6.07) is 6.20. The number of fused-ring (bicyclic) bond motifs is 2. The third-order valence-electron chi connectivity index (χ3n) is 12.8. The number of thiazole rings is 2. The summed E-state index contributed by atoms with van der Waals surface area (Å²) in [6.07, 6.45) is 5.82. The van der Waals surface area contributed by atoms with Gasteiger partial charge in [-0.15, -0.1) is 0 Å². The van der Waals surface area contributed by atoms with Gasteiger partial charge in [-0.3, -0.25) is 28.8 Å². The van der Waals surface area contributed by atoms with E-state index in [2.05, 4.69) is 60.6 Å². The van der Waals surface area contributed by atoms with E-state index in [0.29, 0.717) is 76.2 Å². The van der Waals surface area contributed by atoms with Crippen molar-refractivity contribution in [3.05, 3.63) is 62.3 Å². The number of pyridine rings is 2. The number of nitriles is 1. The summed E-state index contributed by atoms with van der Waals surface area (Å²) in [7, 11) is 0. The predicted molar refractivity (Wildman–Crippen MR) is 251 cm³/mol. The van der Waals surface area contributed by atoms with Gasteiger partial charge in [-0.2, -0.15) is 5.26 Å². The number of nitrogens with two attached hydrogens (primary N) is 1. The maximum atomic E-state index is 13.3. The van der Waals surface area contributed by atoms with Gasteiger partial charge in [-0.1, -0.05) is 34.3 Å². The number of primary amides is 1. The van der Waals surface area contributed by atoms with Crippen LogP contribution in [0, 0.1) is 61.3 Å². The van der Waals surface area contributed by atoms with Gasteiger partial charge in [-0.25, -0.2) is 26.5 Å². The van der Waals surface area contributed by atoms with Crippen LogP contribution in [0.5, 0.6) is 0 Å². The fraction of sp³-hybridized carbons (Fsp3) is 0.478. The number of anilines is 3. The Labute approximate surface area is 399 Å². The molecule has 4 unspecified atom stereocenters. The molecule has 10 rings (SSSR count). The molecule has 4 saturated carbocycles. The fourth-order valence-corrected chi connectivity index (χ4v) is 10.7. The van der Waals surface area contributed by atoms with Crippen LogP contribution >= 0.6 is 34.3 Å². The molecule has 4 fully saturated rings. The lowest BCUT2D eigenvalue weighted by atomic mass is 10.1. The molecule has 5 N–H and O–H groups in total. The highest BCUT2D eigenvalue weighted by molar-refractivity contribution is 7.19. The molecule has 6 heterocycles. The standard InChI is InChI=1S/C23H24N6O3S.C18H19ClN4O2S.C5H6N2O/c1-10-19(33-23(25-10)26-12(3)30)17-7-15-9-29(11(2)13-4-5-13)22(32)18(15)20(27-17)28-21(31)16-6-14(16)8-24;1-8-15(26-18(20-8)21-10(3)24)13-6-12-7-23(9(2)11-4-5-11)17(25)14(12)16(19)22-13;1-7-4-2-3(4)5(6)8/h7,11,13-14,16H,4-6,9H2,1-3H3,(H,25,26,30)(H,27,28,31);6,9,11H,4-5,7H2,1-3H3,(H,20,21,24);3-4H,2H2,(H2,6,8)/t11-,14?,16?;9-;/m00./s1. The number of halogens is 1. The van der Waals surface area contributed by atoms with Crippen LogP contribution in [0.2, 0.25) is 5.15 Å².